The first kappa shape index (κ1) is 13.2. The molecule has 0 aliphatic rings. The summed E-state index contributed by atoms with van der Waals surface area (Å²) in [7, 11) is 0. The van der Waals surface area contributed by atoms with Crippen molar-refractivity contribution in [3.63, 3.8) is 0 Å². The first-order valence-electron chi connectivity index (χ1n) is 6.17. The van der Waals surface area contributed by atoms with E-state index in [1.54, 1.807) is 0 Å². The molecule has 1 atom stereocenters. The molecule has 0 aliphatic carbocycles. The van der Waals surface area contributed by atoms with Crippen LogP contribution in [-0.4, -0.2) is 21.1 Å². The van der Waals surface area contributed by atoms with E-state index in [1.807, 2.05) is 10.8 Å². The van der Waals surface area contributed by atoms with E-state index in [0.29, 0.717) is 16.6 Å². The van der Waals surface area contributed by atoms with Crippen molar-refractivity contribution in [2.24, 2.45) is 5.73 Å². The number of anilines is 1. The van der Waals surface area contributed by atoms with Gasteiger partial charge >= 0.3 is 0 Å². The Morgan fingerprint density at radius 2 is 2.32 bits per heavy atom. The van der Waals surface area contributed by atoms with Crippen LogP contribution in [0.15, 0.2) is 11.0 Å². The van der Waals surface area contributed by atoms with E-state index in [0.717, 1.165) is 6.42 Å². The third-order valence-electron chi connectivity index (χ3n) is 3.09. The maximum atomic E-state index is 12.0. The van der Waals surface area contributed by atoms with Crippen molar-refractivity contribution in [1.82, 2.24) is 14.5 Å². The molecule has 6 heteroatoms. The highest BCUT2D eigenvalue weighted by Crippen LogP contribution is 2.21. The lowest BCUT2D eigenvalue weighted by atomic mass is 10.2. The predicted octanol–water partition coefficient (Wildman–Crippen LogP) is 0.588. The Bertz CT molecular complexity index is 716. The summed E-state index contributed by atoms with van der Waals surface area (Å²) in [6.07, 6.45) is 2.76. The van der Waals surface area contributed by atoms with Crippen LogP contribution >= 0.6 is 0 Å². The number of hydrogen-bond acceptors (Lipinski definition) is 4. The van der Waals surface area contributed by atoms with E-state index >= 15 is 0 Å². The lowest BCUT2D eigenvalue weighted by Crippen LogP contribution is -2.13. The third-order valence-corrected chi connectivity index (χ3v) is 3.09. The summed E-state index contributed by atoms with van der Waals surface area (Å²) in [5, 5.41) is 0.468. The smallest absolute Gasteiger partial charge is 0.263 e. The highest BCUT2D eigenvalue weighted by atomic mass is 16.1. The Balaban J connectivity index is 2.81. The number of nitrogens with zero attached hydrogens (tertiary/aromatic N) is 2. The number of nitrogens with two attached hydrogens (primary N) is 2. The Morgan fingerprint density at radius 1 is 1.58 bits per heavy atom. The summed E-state index contributed by atoms with van der Waals surface area (Å²) < 4.78 is 1.93. The molecule has 100 valence electrons. The molecule has 0 fully saturated rings. The van der Waals surface area contributed by atoms with Gasteiger partial charge in [-0.25, -0.2) is 0 Å². The van der Waals surface area contributed by atoms with Crippen molar-refractivity contribution in [3.8, 4) is 11.8 Å². The van der Waals surface area contributed by atoms with Gasteiger partial charge in [0.15, 0.2) is 5.65 Å². The average Bonchev–Trinajstić information content (AvgIpc) is 2.74. The second-order valence-electron chi connectivity index (χ2n) is 4.36. The van der Waals surface area contributed by atoms with Gasteiger partial charge in [-0.2, -0.15) is 4.98 Å². The van der Waals surface area contributed by atoms with Crippen molar-refractivity contribution < 1.29 is 0 Å². The van der Waals surface area contributed by atoms with Crippen LogP contribution in [0.1, 0.15) is 31.9 Å². The zero-order valence-corrected chi connectivity index (χ0v) is 11.0. The molecule has 19 heavy (non-hydrogen) atoms. The molecule has 0 radical (unpaired) electrons. The summed E-state index contributed by atoms with van der Waals surface area (Å²) in [4.78, 5) is 18.7. The van der Waals surface area contributed by atoms with E-state index in [9.17, 15) is 4.79 Å². The SMILES string of the molecule is CCC(C)n1cc(C#CCN)c2c(=O)[nH]c(N)nc21. The predicted molar refractivity (Wildman–Crippen MR) is 75.7 cm³/mol. The zero-order valence-electron chi connectivity index (χ0n) is 11.0. The van der Waals surface area contributed by atoms with Crippen molar-refractivity contribution >= 4 is 17.0 Å². The van der Waals surface area contributed by atoms with E-state index < -0.39 is 0 Å². The molecule has 0 saturated carbocycles. The second-order valence-corrected chi connectivity index (χ2v) is 4.36. The maximum Gasteiger partial charge on any atom is 0.263 e. The highest BCUT2D eigenvalue weighted by Gasteiger charge is 2.15. The van der Waals surface area contributed by atoms with Gasteiger partial charge in [-0.15, -0.1) is 0 Å². The number of hydrogen-bond donors (Lipinski definition) is 3. The van der Waals surface area contributed by atoms with Gasteiger partial charge in [0.05, 0.1) is 17.5 Å². The van der Waals surface area contributed by atoms with Crippen LogP contribution in [-0.2, 0) is 0 Å². The second kappa shape index (κ2) is 5.16. The van der Waals surface area contributed by atoms with Gasteiger partial charge in [-0.05, 0) is 13.3 Å². The average molecular weight is 259 g/mol. The van der Waals surface area contributed by atoms with Gasteiger partial charge in [0.1, 0.15) is 0 Å². The Hall–Kier alpha value is -2.26. The summed E-state index contributed by atoms with van der Waals surface area (Å²) in [6.45, 7) is 4.37. The molecule has 0 bridgehead atoms. The number of aromatic amines is 1. The molecular weight excluding hydrogens is 242 g/mol. The summed E-state index contributed by atoms with van der Waals surface area (Å²) in [5.41, 5.74) is 11.9. The van der Waals surface area contributed by atoms with Gasteiger partial charge in [-0.3, -0.25) is 9.78 Å². The van der Waals surface area contributed by atoms with E-state index in [2.05, 4.69) is 35.7 Å². The normalized spacial score (nSPS) is 12.2. The van der Waals surface area contributed by atoms with E-state index in [1.165, 1.54) is 0 Å². The molecule has 5 N–H and O–H groups in total. The lowest BCUT2D eigenvalue weighted by Gasteiger charge is -2.11. The van der Waals surface area contributed by atoms with Crippen molar-refractivity contribution in [2.45, 2.75) is 26.3 Å². The summed E-state index contributed by atoms with van der Waals surface area (Å²) in [5.74, 6) is 5.78. The van der Waals surface area contributed by atoms with Crippen LogP contribution in [0.3, 0.4) is 0 Å². The zero-order chi connectivity index (χ0) is 14.0. The first-order chi connectivity index (χ1) is 9.08. The van der Waals surface area contributed by atoms with Gasteiger partial charge in [0, 0.05) is 12.2 Å². The van der Waals surface area contributed by atoms with E-state index in [-0.39, 0.29) is 24.1 Å². The molecule has 2 aromatic rings. The largest absolute Gasteiger partial charge is 0.369 e. The molecule has 0 aliphatic heterocycles. The van der Waals surface area contributed by atoms with Crippen molar-refractivity contribution in [2.75, 3.05) is 12.3 Å². The number of nitrogens with one attached hydrogen (secondary N) is 1. The lowest BCUT2D eigenvalue weighted by molar-refractivity contribution is 0.544. The fraction of sp³-hybridized carbons (Fsp3) is 0.385. The van der Waals surface area contributed by atoms with Crippen LogP contribution < -0.4 is 17.0 Å². The van der Waals surface area contributed by atoms with Gasteiger partial charge < -0.3 is 16.0 Å². The Labute approximate surface area is 110 Å². The monoisotopic (exact) mass is 259 g/mol. The molecule has 0 spiro atoms. The fourth-order valence-corrected chi connectivity index (χ4v) is 1.95. The molecule has 2 rings (SSSR count). The topological polar surface area (TPSA) is 103 Å². The minimum Gasteiger partial charge on any atom is -0.369 e. The van der Waals surface area contributed by atoms with Crippen molar-refractivity contribution in [3.05, 3.63) is 22.1 Å². The summed E-state index contributed by atoms with van der Waals surface area (Å²) >= 11 is 0. The molecular formula is C13H17N5O. The molecule has 6 nitrogen and oxygen atoms in total. The number of H-pyrrole nitrogens is 1. The summed E-state index contributed by atoms with van der Waals surface area (Å²) in [6, 6.07) is 0.213. The van der Waals surface area contributed by atoms with Gasteiger partial charge in [0.2, 0.25) is 5.95 Å². The third kappa shape index (κ3) is 2.33. The van der Waals surface area contributed by atoms with Crippen LogP contribution in [0.2, 0.25) is 0 Å². The first-order valence-corrected chi connectivity index (χ1v) is 6.17. The minimum absolute atomic E-state index is 0.110. The number of rotatable bonds is 2. The molecule has 2 heterocycles. The Kier molecular flexibility index (Phi) is 3.58. The van der Waals surface area contributed by atoms with Gasteiger partial charge in [0.25, 0.3) is 5.56 Å². The van der Waals surface area contributed by atoms with Gasteiger partial charge in [-0.1, -0.05) is 18.8 Å². The molecule has 2 aromatic heterocycles. The van der Waals surface area contributed by atoms with Crippen LogP contribution in [0, 0.1) is 11.8 Å². The van der Waals surface area contributed by atoms with Crippen LogP contribution in [0.5, 0.6) is 0 Å². The Morgan fingerprint density at radius 3 is 2.95 bits per heavy atom. The maximum absolute atomic E-state index is 12.0. The quantitative estimate of drug-likeness (QED) is 0.687. The van der Waals surface area contributed by atoms with Crippen LogP contribution in [0.25, 0.3) is 11.0 Å². The molecule has 1 unspecified atom stereocenters. The molecule has 0 aromatic carbocycles. The van der Waals surface area contributed by atoms with E-state index in [4.69, 9.17) is 11.5 Å². The number of fused-ring (bicyclic) bond motifs is 1. The number of nitrogen functional groups attached to an aromatic ring is 1. The number of aromatic nitrogens is 3. The minimum atomic E-state index is -0.272. The van der Waals surface area contributed by atoms with Crippen molar-refractivity contribution in [1.29, 1.82) is 0 Å². The fourth-order valence-electron chi connectivity index (χ4n) is 1.95. The standard InChI is InChI=1S/C13H17N5O/c1-3-8(2)18-7-9(5-4-6-14)10-11(18)16-13(15)17-12(10)19/h7-8H,3,6,14H2,1-2H3,(H3,15,16,17,19). The van der Waals surface area contributed by atoms with Crippen LogP contribution in [0.4, 0.5) is 5.95 Å². The molecule has 0 saturated heterocycles. The molecule has 0 amide bonds. The highest BCUT2D eigenvalue weighted by molar-refractivity contribution is 5.83.